The number of carboxylic acids is 1. The van der Waals surface area contributed by atoms with Crippen molar-refractivity contribution in [3.8, 4) is 45.6 Å². The summed E-state index contributed by atoms with van der Waals surface area (Å²) in [5.74, 6) is 7.37. The molecule has 0 saturated heterocycles. The van der Waals surface area contributed by atoms with E-state index >= 15 is 0 Å². The summed E-state index contributed by atoms with van der Waals surface area (Å²) in [6, 6.07) is 45.7. The number of aromatic nitrogens is 4. The summed E-state index contributed by atoms with van der Waals surface area (Å²) in [5.41, 5.74) is 18.1. The summed E-state index contributed by atoms with van der Waals surface area (Å²) in [6.07, 6.45) is 26.2. The van der Waals surface area contributed by atoms with Crippen molar-refractivity contribution < 1.29 is 38.9 Å². The van der Waals surface area contributed by atoms with Crippen molar-refractivity contribution in [3.05, 3.63) is 195 Å². The summed E-state index contributed by atoms with van der Waals surface area (Å²) in [7, 11) is 0. The first-order valence-electron chi connectivity index (χ1n) is 31.5. The third kappa shape index (κ3) is 15.7. The molecule has 5 aromatic carbocycles. The van der Waals surface area contributed by atoms with Crippen LogP contribution in [0.2, 0.25) is 0 Å². The molecule has 0 amide bonds. The van der Waals surface area contributed by atoms with Gasteiger partial charge >= 0.3 is 25.4 Å². The zero-order valence-electron chi connectivity index (χ0n) is 51.9. The Morgan fingerprint density at radius 2 is 0.920 bits per heavy atom. The number of carbonyl (C=O) groups is 1. The minimum Gasteiger partial charge on any atom is -0.656 e. The first-order valence-corrected chi connectivity index (χ1v) is 31.5. The van der Waals surface area contributed by atoms with Gasteiger partial charge in [0.2, 0.25) is 0 Å². The summed E-state index contributed by atoms with van der Waals surface area (Å²) in [5, 5.41) is 9.73. The molecule has 2 aliphatic rings. The number of hydrogen-bond acceptors (Lipinski definition) is 6. The maximum Gasteiger partial charge on any atom is 2.00 e. The molecular weight excluding hydrogens is 1140 g/mol. The van der Waals surface area contributed by atoms with Gasteiger partial charge in [-0.05, 0) is 171 Å². The van der Waals surface area contributed by atoms with Crippen LogP contribution in [-0.2, 0) is 32.3 Å². The van der Waals surface area contributed by atoms with Crippen LogP contribution in [0.25, 0.3) is 68.6 Å². The topological polar surface area (TPSA) is 113 Å². The maximum absolute atomic E-state index is 11.9. The fourth-order valence-corrected chi connectivity index (χ4v) is 11.5. The van der Waals surface area contributed by atoms with E-state index in [0.29, 0.717) is 46.8 Å². The quantitative estimate of drug-likeness (QED) is 0.0322. The molecule has 3 aromatic heterocycles. The second-order valence-corrected chi connectivity index (χ2v) is 22.8. The fraction of sp³-hybridized carbons (Fsp3) is 0.321. The molecule has 0 saturated carbocycles. The first kappa shape index (κ1) is 65.7. The molecule has 0 unspecified atom stereocenters. The van der Waals surface area contributed by atoms with Gasteiger partial charge in [0.1, 0.15) is 11.5 Å². The number of anilines is 3. The largest absolute Gasteiger partial charge is 2.00 e. The molecule has 0 aliphatic carbocycles. The van der Waals surface area contributed by atoms with E-state index in [1.54, 1.807) is 24.3 Å². The summed E-state index contributed by atoms with van der Waals surface area (Å²) >= 11 is 0. The molecule has 0 radical (unpaired) electrons. The van der Waals surface area contributed by atoms with E-state index in [1.165, 1.54) is 49.7 Å². The van der Waals surface area contributed by atoms with Crippen molar-refractivity contribution >= 4 is 69.4 Å². The third-order valence-electron chi connectivity index (χ3n) is 16.3. The Morgan fingerprint density at radius 1 is 0.477 bits per heavy atom. The molecular formula is C78H85N5O4Zn. The normalized spacial score (nSPS) is 11.4. The van der Waals surface area contributed by atoms with Crippen molar-refractivity contribution in [3.63, 3.8) is 0 Å². The molecule has 8 aromatic rings. The number of hydrogen-bond donors (Lipinski definition) is 1. The fourth-order valence-electron chi connectivity index (χ4n) is 11.5. The Balaban J connectivity index is 0.00000501. The van der Waals surface area contributed by atoms with Gasteiger partial charge in [-0.15, -0.1) is 22.1 Å². The van der Waals surface area contributed by atoms with E-state index in [0.717, 1.165) is 149 Å². The minimum atomic E-state index is -0.996. The average molecular weight is 1220 g/mol. The van der Waals surface area contributed by atoms with Crippen molar-refractivity contribution in [2.24, 2.45) is 0 Å². The molecule has 448 valence electrons. The minimum absolute atomic E-state index is 0. The van der Waals surface area contributed by atoms with Crippen molar-refractivity contribution in [2.75, 3.05) is 18.1 Å². The van der Waals surface area contributed by atoms with Crippen LogP contribution in [0.1, 0.15) is 192 Å². The van der Waals surface area contributed by atoms with E-state index in [2.05, 4.69) is 180 Å². The van der Waals surface area contributed by atoms with Gasteiger partial charge in [-0.3, -0.25) is 0 Å². The molecule has 0 spiro atoms. The Morgan fingerprint density at radius 3 is 1.42 bits per heavy atom. The number of ether oxygens (including phenoxy) is 2. The monoisotopic (exact) mass is 1220 g/mol. The van der Waals surface area contributed by atoms with Crippen molar-refractivity contribution in [1.29, 1.82) is 0 Å². The van der Waals surface area contributed by atoms with E-state index in [4.69, 9.17) is 29.4 Å². The molecule has 5 heterocycles. The van der Waals surface area contributed by atoms with E-state index in [-0.39, 0.29) is 32.5 Å². The molecule has 2 aliphatic heterocycles. The number of aryl methyl sites for hydroxylation is 4. The number of carboxylic acid groups (broad SMARTS) is 1. The number of benzene rings is 5. The Labute approximate surface area is 535 Å². The molecule has 88 heavy (non-hydrogen) atoms. The van der Waals surface area contributed by atoms with Gasteiger partial charge < -0.3 is 29.4 Å². The molecule has 8 bridgehead atoms. The number of unbranched alkanes of at least 4 members (excludes halogenated alkanes) is 10. The van der Waals surface area contributed by atoms with E-state index in [9.17, 15) is 9.90 Å². The summed E-state index contributed by atoms with van der Waals surface area (Å²) in [6.45, 7) is 14.3. The predicted octanol–water partition coefficient (Wildman–Crippen LogP) is 20.4. The van der Waals surface area contributed by atoms with Gasteiger partial charge in [-0.1, -0.05) is 184 Å². The van der Waals surface area contributed by atoms with Crippen LogP contribution in [0, 0.1) is 25.7 Å². The van der Waals surface area contributed by atoms with Gasteiger partial charge in [-0.2, -0.15) is 0 Å². The number of nitrogens with zero attached hydrogens (tertiary/aromatic N) is 5. The Kier molecular flexibility index (Phi) is 24.0. The molecule has 1 N–H and O–H groups in total. The van der Waals surface area contributed by atoms with Gasteiger partial charge in [0.25, 0.3) is 0 Å². The molecule has 0 fully saturated rings. The standard InChI is InChI=1S/C77H82N5O4.CH4.Zn/c1-7-11-15-17-25-55-31-38-59(39-32-55)82(60-40-33-56(34-41-60)26-18-16-12-8-2)76-68-49-47-66(80-68)74(72-53(5)23-21-27-70(72)85-51-19-13-9-3)64-45-43-62(78-64)61(42-35-57-29-36-58(37-30-57)77(83)84)63-44-46-65(79-63)75(67-48-50-69(76)81-67)73-54(6)24-22-28-71(73)86-52-20-14-10-4;;/h21-24,27-34,36-41,43-50H,7-20,25-26,51-52H2,1-6H3,(H2-,78,79,80,81,83,84);1H4;/q-1;;+2/p-1. The molecule has 0 atom stereocenters. The van der Waals surface area contributed by atoms with Crippen LogP contribution in [0.15, 0.2) is 133 Å². The second kappa shape index (κ2) is 32.1. The number of rotatable bonds is 26. The molecule has 10 rings (SSSR count). The van der Waals surface area contributed by atoms with E-state index < -0.39 is 5.97 Å². The van der Waals surface area contributed by atoms with Crippen molar-refractivity contribution in [1.82, 2.24) is 19.9 Å². The smallest absolute Gasteiger partial charge is 0.656 e. The van der Waals surface area contributed by atoms with Gasteiger partial charge in [-0.25, -0.2) is 14.8 Å². The van der Waals surface area contributed by atoms with Crippen LogP contribution in [0.5, 0.6) is 11.5 Å². The van der Waals surface area contributed by atoms with Gasteiger partial charge in [0, 0.05) is 33.6 Å². The molecule has 10 heteroatoms. The summed E-state index contributed by atoms with van der Waals surface area (Å²) < 4.78 is 13.5. The van der Waals surface area contributed by atoms with Crippen LogP contribution in [-0.4, -0.2) is 34.3 Å². The number of aromatic carboxylic acids is 1. The SMILES string of the molecule is C.CCCCCCc1ccc(N(c2ccc(CCCCCC)cc2)c2c3nc(c(-c4c(C)cccc4OCCCCC)c4ccc([n-]4)c(C#Cc4ccc(C(=O)O)cc4)c4nc(c(-c5c(C)cccc5OCCCCC)c5ccc2[n-]5)C=C4)C=C3)cc1.[Zn+2]. The van der Waals surface area contributed by atoms with Crippen LogP contribution >= 0.6 is 0 Å². The average Bonchev–Trinajstić information content (AvgIpc) is 2.12. The Bertz CT molecular complexity index is 3840. The zero-order chi connectivity index (χ0) is 59.8. The third-order valence-corrected chi connectivity index (χ3v) is 16.3. The van der Waals surface area contributed by atoms with Crippen LogP contribution < -0.4 is 24.3 Å². The van der Waals surface area contributed by atoms with Crippen molar-refractivity contribution in [2.45, 2.75) is 152 Å². The molecule has 9 nitrogen and oxygen atoms in total. The Hall–Kier alpha value is -8.25. The van der Waals surface area contributed by atoms with Gasteiger partial charge in [0.15, 0.2) is 0 Å². The van der Waals surface area contributed by atoms with Crippen LogP contribution in [0.3, 0.4) is 0 Å². The van der Waals surface area contributed by atoms with E-state index in [1.807, 2.05) is 12.1 Å². The van der Waals surface area contributed by atoms with Gasteiger partial charge in [0.05, 0.1) is 47.2 Å². The first-order chi connectivity index (χ1) is 42.2. The zero-order valence-corrected chi connectivity index (χ0v) is 54.8. The number of fused-ring (bicyclic) bond motifs is 8. The second-order valence-electron chi connectivity index (χ2n) is 22.8. The summed E-state index contributed by atoms with van der Waals surface area (Å²) in [4.78, 5) is 36.8. The maximum atomic E-state index is 11.9. The predicted molar refractivity (Wildman–Crippen MR) is 364 cm³/mol. The van der Waals surface area contributed by atoms with Crippen LogP contribution in [0.4, 0.5) is 17.1 Å².